The summed E-state index contributed by atoms with van der Waals surface area (Å²) in [4.78, 5) is 10.8. The van der Waals surface area contributed by atoms with Crippen molar-refractivity contribution in [3.8, 4) is 5.75 Å². The molecule has 1 N–H and O–H groups in total. The molecule has 0 aliphatic carbocycles. The van der Waals surface area contributed by atoms with Gasteiger partial charge in [0.25, 0.3) is 0 Å². The lowest BCUT2D eigenvalue weighted by Crippen LogP contribution is -1.85. The minimum Gasteiger partial charge on any atom is -0.507 e. The van der Waals surface area contributed by atoms with E-state index in [1.165, 1.54) is 6.07 Å². The topological polar surface area (TPSA) is 63.3 Å². The van der Waals surface area contributed by atoms with Gasteiger partial charge in [-0.15, -0.1) is 0 Å². The van der Waals surface area contributed by atoms with Crippen molar-refractivity contribution in [1.29, 1.82) is 0 Å². The number of aromatic nitrogens is 1. The van der Waals surface area contributed by atoms with Gasteiger partial charge < -0.3 is 9.63 Å². The summed E-state index contributed by atoms with van der Waals surface area (Å²) in [6.45, 7) is 2.04. The quantitative estimate of drug-likeness (QED) is 0.781. The van der Waals surface area contributed by atoms with Crippen molar-refractivity contribution in [2.75, 3.05) is 0 Å². The van der Waals surface area contributed by atoms with Gasteiger partial charge in [0.15, 0.2) is 11.9 Å². The highest BCUT2D eigenvalue weighted by Gasteiger charge is 2.14. The number of rotatable bonds is 3. The summed E-state index contributed by atoms with van der Waals surface area (Å²) in [7, 11) is 0. The highest BCUT2D eigenvalue weighted by Crippen LogP contribution is 2.28. The monoisotopic (exact) mass is 205 g/mol. The fraction of sp³-hybridized carbons (Fsp3) is 0.273. The minimum absolute atomic E-state index is 0.0725. The lowest BCUT2D eigenvalue weighted by molar-refractivity contribution is 0.112. The van der Waals surface area contributed by atoms with Gasteiger partial charge in [0, 0.05) is 5.39 Å². The Morgan fingerprint density at radius 2 is 2.33 bits per heavy atom. The average molecular weight is 205 g/mol. The van der Waals surface area contributed by atoms with Gasteiger partial charge in [0.2, 0.25) is 0 Å². The molecule has 0 unspecified atom stereocenters. The van der Waals surface area contributed by atoms with Gasteiger partial charge in [0.1, 0.15) is 11.3 Å². The van der Waals surface area contributed by atoms with Crippen LogP contribution in [0.25, 0.3) is 11.0 Å². The molecule has 0 aliphatic rings. The summed E-state index contributed by atoms with van der Waals surface area (Å²) in [6.07, 6.45) is 2.34. The Bertz CT molecular complexity index is 502. The van der Waals surface area contributed by atoms with E-state index in [0.29, 0.717) is 11.9 Å². The van der Waals surface area contributed by atoms with Gasteiger partial charge in [0.05, 0.1) is 5.69 Å². The number of aryl methyl sites for hydroxylation is 1. The largest absolute Gasteiger partial charge is 0.507 e. The molecule has 0 aliphatic heterocycles. The van der Waals surface area contributed by atoms with Gasteiger partial charge in [-0.05, 0) is 18.6 Å². The average Bonchev–Trinajstić information content (AvgIpc) is 2.62. The zero-order chi connectivity index (χ0) is 10.8. The fourth-order valence-electron chi connectivity index (χ4n) is 1.60. The molecular weight excluding hydrogens is 194 g/mol. The van der Waals surface area contributed by atoms with E-state index >= 15 is 0 Å². The maximum Gasteiger partial charge on any atom is 0.181 e. The molecule has 0 amide bonds. The zero-order valence-corrected chi connectivity index (χ0v) is 8.36. The van der Waals surface area contributed by atoms with Crippen LogP contribution in [0.3, 0.4) is 0 Å². The van der Waals surface area contributed by atoms with Gasteiger partial charge in [-0.3, -0.25) is 4.79 Å². The van der Waals surface area contributed by atoms with Gasteiger partial charge in [-0.2, -0.15) is 0 Å². The second kappa shape index (κ2) is 3.73. The van der Waals surface area contributed by atoms with Gasteiger partial charge in [-0.25, -0.2) is 0 Å². The Balaban J connectivity index is 2.68. The van der Waals surface area contributed by atoms with Gasteiger partial charge in [-0.1, -0.05) is 18.5 Å². The molecule has 2 rings (SSSR count). The number of fused-ring (bicyclic) bond motifs is 1. The first-order valence-electron chi connectivity index (χ1n) is 4.83. The normalized spacial score (nSPS) is 10.7. The first-order chi connectivity index (χ1) is 7.27. The first-order valence-corrected chi connectivity index (χ1v) is 4.83. The third-order valence-electron chi connectivity index (χ3n) is 2.34. The van der Waals surface area contributed by atoms with Crippen LogP contribution in [-0.4, -0.2) is 16.5 Å². The number of nitrogens with zero attached hydrogens (tertiary/aromatic N) is 1. The Morgan fingerprint density at radius 1 is 1.53 bits per heavy atom. The second-order valence-electron chi connectivity index (χ2n) is 3.37. The lowest BCUT2D eigenvalue weighted by atomic mass is 10.1. The van der Waals surface area contributed by atoms with Gasteiger partial charge >= 0.3 is 0 Å². The molecule has 0 bridgehead atoms. The van der Waals surface area contributed by atoms with E-state index in [1.54, 1.807) is 6.07 Å². The summed E-state index contributed by atoms with van der Waals surface area (Å²) in [5.41, 5.74) is 1.37. The smallest absolute Gasteiger partial charge is 0.181 e. The van der Waals surface area contributed by atoms with E-state index in [1.807, 2.05) is 6.92 Å². The second-order valence-corrected chi connectivity index (χ2v) is 3.37. The molecule has 1 aromatic carbocycles. The van der Waals surface area contributed by atoms with Crippen molar-refractivity contribution in [1.82, 2.24) is 5.16 Å². The first kappa shape index (κ1) is 9.71. The van der Waals surface area contributed by atoms with Crippen LogP contribution >= 0.6 is 0 Å². The van der Waals surface area contributed by atoms with E-state index in [-0.39, 0.29) is 11.3 Å². The zero-order valence-electron chi connectivity index (χ0n) is 8.36. The van der Waals surface area contributed by atoms with Crippen molar-refractivity contribution < 1.29 is 14.4 Å². The summed E-state index contributed by atoms with van der Waals surface area (Å²) in [6, 6.07) is 3.21. The molecule has 1 heterocycles. The molecule has 0 fully saturated rings. The van der Waals surface area contributed by atoms with Crippen LogP contribution in [-0.2, 0) is 6.42 Å². The van der Waals surface area contributed by atoms with Crippen molar-refractivity contribution >= 4 is 17.3 Å². The molecule has 15 heavy (non-hydrogen) atoms. The lowest BCUT2D eigenvalue weighted by Gasteiger charge is -1.96. The Kier molecular flexibility index (Phi) is 2.41. The molecule has 0 radical (unpaired) electrons. The van der Waals surface area contributed by atoms with Crippen molar-refractivity contribution in [3.05, 3.63) is 23.4 Å². The summed E-state index contributed by atoms with van der Waals surface area (Å²) < 4.78 is 5.06. The van der Waals surface area contributed by atoms with E-state index in [4.69, 9.17) is 4.52 Å². The highest BCUT2D eigenvalue weighted by atomic mass is 16.5. The number of aldehydes is 1. The van der Waals surface area contributed by atoms with E-state index in [9.17, 15) is 9.90 Å². The number of benzene rings is 1. The molecule has 0 saturated heterocycles. The predicted octanol–water partition coefficient (Wildman–Crippen LogP) is 2.30. The minimum atomic E-state index is -0.0725. The number of hydrogen-bond donors (Lipinski definition) is 1. The summed E-state index contributed by atoms with van der Waals surface area (Å²) in [5, 5.41) is 14.1. The fourth-order valence-corrected chi connectivity index (χ4v) is 1.60. The maximum atomic E-state index is 10.8. The molecule has 0 spiro atoms. The molecule has 4 nitrogen and oxygen atoms in total. The molecule has 1 aromatic heterocycles. The number of carbonyl (C=O) groups is 1. The van der Waals surface area contributed by atoms with E-state index in [0.717, 1.165) is 23.9 Å². The van der Waals surface area contributed by atoms with Crippen LogP contribution < -0.4 is 0 Å². The molecule has 4 heteroatoms. The van der Waals surface area contributed by atoms with Crippen molar-refractivity contribution in [2.24, 2.45) is 0 Å². The maximum absolute atomic E-state index is 10.8. The standard InChI is InChI=1S/C11H11NO3/c1-2-3-9-7-4-5-10(14)8(6-13)11(7)15-12-9/h4-6,14H,2-3H2,1H3. The van der Waals surface area contributed by atoms with Crippen LogP contribution in [0.1, 0.15) is 29.4 Å². The van der Waals surface area contributed by atoms with E-state index < -0.39 is 0 Å². The van der Waals surface area contributed by atoms with Crippen LogP contribution in [0.4, 0.5) is 0 Å². The predicted molar refractivity (Wildman–Crippen MR) is 55.1 cm³/mol. The molecule has 78 valence electrons. The molecule has 0 atom stereocenters. The van der Waals surface area contributed by atoms with Crippen molar-refractivity contribution in [2.45, 2.75) is 19.8 Å². The molecular formula is C11H11NO3. The van der Waals surface area contributed by atoms with E-state index in [2.05, 4.69) is 5.16 Å². The molecule has 0 saturated carbocycles. The Labute approximate surface area is 86.5 Å². The SMILES string of the molecule is CCCc1noc2c(C=O)c(O)ccc12. The summed E-state index contributed by atoms with van der Waals surface area (Å²) in [5.74, 6) is -0.0725. The van der Waals surface area contributed by atoms with Crippen LogP contribution in [0.5, 0.6) is 5.75 Å². The number of aromatic hydroxyl groups is 1. The third-order valence-corrected chi connectivity index (χ3v) is 2.34. The van der Waals surface area contributed by atoms with Crippen molar-refractivity contribution in [3.63, 3.8) is 0 Å². The number of hydrogen-bond acceptors (Lipinski definition) is 4. The number of phenols is 1. The summed E-state index contributed by atoms with van der Waals surface area (Å²) >= 11 is 0. The number of carbonyl (C=O) groups excluding carboxylic acids is 1. The highest BCUT2D eigenvalue weighted by molar-refractivity contribution is 5.98. The van der Waals surface area contributed by atoms with Crippen LogP contribution in [0.15, 0.2) is 16.7 Å². The van der Waals surface area contributed by atoms with Crippen LogP contribution in [0.2, 0.25) is 0 Å². The number of phenolic OH excluding ortho intramolecular Hbond substituents is 1. The molecule has 2 aromatic rings. The van der Waals surface area contributed by atoms with Crippen LogP contribution in [0, 0.1) is 0 Å². The Morgan fingerprint density at radius 3 is 3.00 bits per heavy atom. The third kappa shape index (κ3) is 1.48. The Hall–Kier alpha value is -1.84.